The molecule has 0 aliphatic carbocycles. The van der Waals surface area contributed by atoms with Crippen LogP contribution in [0.25, 0.3) is 16.8 Å². The largest absolute Gasteiger partial charge is 0.497 e. The third-order valence-corrected chi connectivity index (χ3v) is 4.68. The van der Waals surface area contributed by atoms with E-state index in [1.165, 1.54) is 17.9 Å². The summed E-state index contributed by atoms with van der Waals surface area (Å²) in [5.41, 5.74) is 1.82. The van der Waals surface area contributed by atoms with Crippen molar-refractivity contribution in [1.29, 1.82) is 0 Å². The smallest absolute Gasteiger partial charge is 0.401 e. The molecule has 3 aromatic rings. The summed E-state index contributed by atoms with van der Waals surface area (Å²) in [6.07, 6.45) is -0.822. The molecule has 1 atom stereocenters. The molecule has 1 aliphatic heterocycles. The molecule has 0 radical (unpaired) electrons. The Labute approximate surface area is 175 Å². The number of benzene rings is 1. The van der Waals surface area contributed by atoms with Gasteiger partial charge >= 0.3 is 6.18 Å². The van der Waals surface area contributed by atoms with E-state index in [1.54, 1.807) is 54.9 Å². The van der Waals surface area contributed by atoms with E-state index in [-0.39, 0.29) is 5.56 Å². The highest BCUT2D eigenvalue weighted by Gasteiger charge is 2.29. The van der Waals surface area contributed by atoms with E-state index < -0.39 is 19.0 Å². The van der Waals surface area contributed by atoms with Crippen molar-refractivity contribution in [3.63, 3.8) is 0 Å². The number of hydrogen-bond acceptors (Lipinski definition) is 6. The average molecular weight is 429 g/mol. The molecule has 0 saturated heterocycles. The molecule has 31 heavy (non-hydrogen) atoms. The molecule has 2 N–H and O–H groups in total. The Morgan fingerprint density at radius 1 is 1.16 bits per heavy atom. The maximum atomic E-state index is 13.4. The van der Waals surface area contributed by atoms with Gasteiger partial charge in [-0.2, -0.15) is 13.2 Å². The minimum atomic E-state index is -4.39. The predicted octanol–water partition coefficient (Wildman–Crippen LogP) is 3.19. The number of nitrogens with zero attached hydrogens (tertiary/aromatic N) is 3. The lowest BCUT2D eigenvalue weighted by atomic mass is 10.1. The Morgan fingerprint density at radius 2 is 1.87 bits per heavy atom. The lowest BCUT2D eigenvalue weighted by molar-refractivity contribution is -0.125. The summed E-state index contributed by atoms with van der Waals surface area (Å²) in [4.78, 5) is 21.5. The van der Waals surface area contributed by atoms with Crippen LogP contribution in [0.2, 0.25) is 0 Å². The molecule has 1 unspecified atom stereocenters. The van der Waals surface area contributed by atoms with Crippen molar-refractivity contribution < 1.29 is 17.9 Å². The van der Waals surface area contributed by atoms with Crippen LogP contribution < -0.4 is 20.9 Å². The normalized spacial score (nSPS) is 15.3. The summed E-state index contributed by atoms with van der Waals surface area (Å²) in [6, 6.07) is 11.9. The van der Waals surface area contributed by atoms with Crippen LogP contribution in [0.3, 0.4) is 0 Å². The Bertz CT molecular complexity index is 1160. The molecule has 1 aliphatic rings. The summed E-state index contributed by atoms with van der Waals surface area (Å²) >= 11 is 0. The third kappa shape index (κ3) is 4.43. The zero-order valence-corrected chi connectivity index (χ0v) is 16.3. The van der Waals surface area contributed by atoms with Crippen LogP contribution in [0.4, 0.5) is 19.0 Å². The minimum absolute atomic E-state index is 0.336. The number of methoxy groups -OCH3 is 1. The van der Waals surface area contributed by atoms with Gasteiger partial charge in [0.05, 0.1) is 19.3 Å². The molecule has 4 rings (SSSR count). The zero-order valence-electron chi connectivity index (χ0n) is 16.3. The van der Waals surface area contributed by atoms with Crippen molar-refractivity contribution in [1.82, 2.24) is 14.9 Å². The first-order valence-electron chi connectivity index (χ1n) is 9.30. The molecule has 0 saturated carbocycles. The Hall–Kier alpha value is -3.66. The highest BCUT2D eigenvalue weighted by molar-refractivity contribution is 5.91. The topological polar surface area (TPSA) is 80.5 Å². The Kier molecular flexibility index (Phi) is 5.47. The average Bonchev–Trinajstić information content (AvgIpc) is 2.77. The lowest BCUT2D eigenvalue weighted by Crippen LogP contribution is -2.43. The first kappa shape index (κ1) is 20.6. The summed E-state index contributed by atoms with van der Waals surface area (Å²) in [7, 11) is 1.53. The summed E-state index contributed by atoms with van der Waals surface area (Å²) in [5, 5.41) is 5.18. The van der Waals surface area contributed by atoms with Crippen LogP contribution in [-0.4, -0.2) is 41.9 Å². The molecule has 10 heteroatoms. The second-order valence-corrected chi connectivity index (χ2v) is 6.76. The number of aromatic nitrogens is 2. The molecule has 0 bridgehead atoms. The van der Waals surface area contributed by atoms with Crippen LogP contribution in [0.15, 0.2) is 64.6 Å². The maximum Gasteiger partial charge on any atom is 0.401 e. The number of aliphatic imine (C=N–C) groups is 1. The van der Waals surface area contributed by atoms with Crippen molar-refractivity contribution in [2.24, 2.45) is 4.99 Å². The molecule has 7 nitrogen and oxygen atoms in total. The van der Waals surface area contributed by atoms with E-state index >= 15 is 0 Å². The number of rotatable bonds is 5. The first-order chi connectivity index (χ1) is 14.9. The van der Waals surface area contributed by atoms with E-state index in [2.05, 4.69) is 20.6 Å². The van der Waals surface area contributed by atoms with Gasteiger partial charge in [-0.05, 0) is 48.0 Å². The fraction of sp³-hybridized carbons (Fsp3) is 0.190. The standard InChI is InChI=1S/C21H18F3N5O2/c1-31-16-4-2-15(3-5-16)29-18-14(11-26-20(28-18)27-12-21(22,23)24)10-17(19(29)30)13-6-8-25-9-7-13/h2-11,20,27-28H,12H2,1H3. The molecule has 1 aromatic carbocycles. The first-order valence-corrected chi connectivity index (χ1v) is 9.30. The van der Waals surface area contributed by atoms with Crippen LogP contribution >= 0.6 is 0 Å². The van der Waals surface area contributed by atoms with Gasteiger partial charge < -0.3 is 10.1 Å². The van der Waals surface area contributed by atoms with Gasteiger partial charge in [0.15, 0.2) is 6.29 Å². The van der Waals surface area contributed by atoms with Gasteiger partial charge in [-0.15, -0.1) is 0 Å². The molecule has 2 aromatic heterocycles. The highest BCUT2D eigenvalue weighted by atomic mass is 19.4. The molecular formula is C21H18F3N5O2. The van der Waals surface area contributed by atoms with Gasteiger partial charge in [-0.25, -0.2) is 0 Å². The van der Waals surface area contributed by atoms with Crippen molar-refractivity contribution in [2.45, 2.75) is 12.5 Å². The highest BCUT2D eigenvalue weighted by Crippen LogP contribution is 2.27. The van der Waals surface area contributed by atoms with Crippen LogP contribution in [-0.2, 0) is 0 Å². The lowest BCUT2D eigenvalue weighted by Gasteiger charge is -2.26. The monoisotopic (exact) mass is 429 g/mol. The van der Waals surface area contributed by atoms with Gasteiger partial charge in [0.2, 0.25) is 0 Å². The van der Waals surface area contributed by atoms with Gasteiger partial charge in [0.25, 0.3) is 5.56 Å². The number of nitrogens with one attached hydrogen (secondary N) is 2. The number of ether oxygens (including phenoxy) is 1. The maximum absolute atomic E-state index is 13.4. The van der Waals surface area contributed by atoms with Crippen LogP contribution in [0.5, 0.6) is 5.75 Å². The summed E-state index contributed by atoms with van der Waals surface area (Å²) < 4.78 is 44.4. The molecular weight excluding hydrogens is 411 g/mol. The SMILES string of the molecule is COc1ccc(-n2c3c(cc(-c4ccncc4)c2=O)C=NC(NCC(F)(F)F)N3)cc1. The second-order valence-electron chi connectivity index (χ2n) is 6.76. The van der Waals surface area contributed by atoms with Gasteiger partial charge in [-0.3, -0.25) is 24.7 Å². The van der Waals surface area contributed by atoms with E-state index in [1.807, 2.05) is 0 Å². The van der Waals surface area contributed by atoms with Crippen molar-refractivity contribution in [3.8, 4) is 22.6 Å². The predicted molar refractivity (Wildman–Crippen MR) is 111 cm³/mol. The third-order valence-electron chi connectivity index (χ3n) is 4.68. The second kappa shape index (κ2) is 8.23. The van der Waals surface area contributed by atoms with E-state index in [4.69, 9.17) is 4.74 Å². The van der Waals surface area contributed by atoms with E-state index in [9.17, 15) is 18.0 Å². The van der Waals surface area contributed by atoms with E-state index in [0.29, 0.717) is 33.9 Å². The molecule has 0 amide bonds. The fourth-order valence-electron chi connectivity index (χ4n) is 3.24. The number of pyridine rings is 2. The molecule has 0 spiro atoms. The van der Waals surface area contributed by atoms with Gasteiger partial charge in [0, 0.05) is 29.7 Å². The quantitative estimate of drug-likeness (QED) is 0.651. The van der Waals surface area contributed by atoms with Crippen molar-refractivity contribution >= 4 is 12.0 Å². The van der Waals surface area contributed by atoms with Crippen molar-refractivity contribution in [3.05, 3.63) is 70.8 Å². The molecule has 0 fully saturated rings. The summed E-state index contributed by atoms with van der Waals surface area (Å²) in [5.74, 6) is 0.942. The number of halogens is 3. The zero-order chi connectivity index (χ0) is 22.0. The van der Waals surface area contributed by atoms with E-state index in [0.717, 1.165) is 0 Å². The molecule has 3 heterocycles. The Morgan fingerprint density at radius 3 is 2.52 bits per heavy atom. The van der Waals surface area contributed by atoms with Crippen molar-refractivity contribution in [2.75, 3.05) is 19.0 Å². The number of alkyl halides is 3. The summed E-state index contributed by atoms with van der Waals surface area (Å²) in [6.45, 7) is -1.22. The minimum Gasteiger partial charge on any atom is -0.497 e. The number of hydrogen-bond donors (Lipinski definition) is 2. The van der Waals surface area contributed by atoms with Crippen LogP contribution in [0.1, 0.15) is 5.56 Å². The molecule has 160 valence electrons. The van der Waals surface area contributed by atoms with Gasteiger partial charge in [-0.1, -0.05) is 0 Å². The van der Waals surface area contributed by atoms with Crippen LogP contribution in [0, 0.1) is 0 Å². The van der Waals surface area contributed by atoms with Gasteiger partial charge in [0.1, 0.15) is 11.6 Å². The fourth-order valence-corrected chi connectivity index (χ4v) is 3.24. The number of fused-ring (bicyclic) bond motifs is 1. The number of anilines is 1. The Balaban J connectivity index is 1.83.